The molecule has 5 nitrogen and oxygen atoms in total. The van der Waals surface area contributed by atoms with Crippen LogP contribution in [-0.4, -0.2) is 17.6 Å². The third kappa shape index (κ3) is 3.05. The van der Waals surface area contributed by atoms with Gasteiger partial charge < -0.3 is 15.4 Å². The Morgan fingerprint density at radius 3 is 2.96 bits per heavy atom. The number of hydrogen-bond acceptors (Lipinski definition) is 4. The van der Waals surface area contributed by atoms with E-state index >= 15 is 0 Å². The molecule has 122 valence electrons. The number of thiazole rings is 1. The Morgan fingerprint density at radius 2 is 2.04 bits per heavy atom. The highest BCUT2D eigenvalue weighted by molar-refractivity contribution is 7.18. The standard InChI is InChI=1S/C18H17N3O2S/c22-18(19-11-17-20-14-6-2-4-8-16(14)24-17)21-13-9-10-23-15-7-3-1-5-12(13)15/h1-8,13H,9-11H2,(H2,19,21,22)/t13-/m0/s1. The van der Waals surface area contributed by atoms with Crippen LogP contribution in [0.2, 0.25) is 0 Å². The lowest BCUT2D eigenvalue weighted by atomic mass is 10.0. The topological polar surface area (TPSA) is 63.2 Å². The van der Waals surface area contributed by atoms with E-state index in [0.29, 0.717) is 13.2 Å². The van der Waals surface area contributed by atoms with Crippen molar-refractivity contribution >= 4 is 27.6 Å². The molecule has 4 rings (SSSR count). The van der Waals surface area contributed by atoms with Crippen molar-refractivity contribution < 1.29 is 9.53 Å². The molecule has 2 N–H and O–H groups in total. The number of rotatable bonds is 3. The number of hydrogen-bond donors (Lipinski definition) is 2. The fourth-order valence-electron chi connectivity index (χ4n) is 2.85. The molecule has 0 spiro atoms. The molecule has 24 heavy (non-hydrogen) atoms. The molecule has 0 unspecified atom stereocenters. The van der Waals surface area contributed by atoms with E-state index in [-0.39, 0.29) is 12.1 Å². The normalized spacial score (nSPS) is 16.2. The molecular formula is C18H17N3O2S. The van der Waals surface area contributed by atoms with E-state index in [0.717, 1.165) is 33.0 Å². The highest BCUT2D eigenvalue weighted by atomic mass is 32.1. The minimum atomic E-state index is -0.184. The first-order valence-corrected chi connectivity index (χ1v) is 8.72. The van der Waals surface area contributed by atoms with Crippen LogP contribution in [0.15, 0.2) is 48.5 Å². The molecule has 0 fully saturated rings. The first kappa shape index (κ1) is 15.0. The second-order valence-corrected chi connectivity index (χ2v) is 6.75. The molecule has 2 heterocycles. The van der Waals surface area contributed by atoms with Crippen LogP contribution in [0, 0.1) is 0 Å². The smallest absolute Gasteiger partial charge is 0.315 e. The predicted molar refractivity (Wildman–Crippen MR) is 94.3 cm³/mol. The molecular weight excluding hydrogens is 322 g/mol. The van der Waals surface area contributed by atoms with Crippen LogP contribution >= 0.6 is 11.3 Å². The van der Waals surface area contributed by atoms with E-state index in [9.17, 15) is 4.79 Å². The van der Waals surface area contributed by atoms with Crippen molar-refractivity contribution in [1.29, 1.82) is 0 Å². The lowest BCUT2D eigenvalue weighted by molar-refractivity contribution is 0.223. The molecule has 6 heteroatoms. The Bertz CT molecular complexity index is 844. The Hall–Kier alpha value is -2.60. The lowest BCUT2D eigenvalue weighted by Gasteiger charge is -2.26. The van der Waals surface area contributed by atoms with Gasteiger partial charge >= 0.3 is 6.03 Å². The monoisotopic (exact) mass is 339 g/mol. The largest absolute Gasteiger partial charge is 0.493 e. The third-order valence-corrected chi connectivity index (χ3v) is 5.04. The second-order valence-electron chi connectivity index (χ2n) is 5.63. The van der Waals surface area contributed by atoms with Gasteiger partial charge in [-0.05, 0) is 18.2 Å². The molecule has 0 saturated heterocycles. The van der Waals surface area contributed by atoms with Gasteiger partial charge in [0.25, 0.3) is 0 Å². The van der Waals surface area contributed by atoms with E-state index in [1.165, 1.54) is 0 Å². The predicted octanol–water partition coefficient (Wildman–Crippen LogP) is 3.62. The van der Waals surface area contributed by atoms with Crippen molar-refractivity contribution in [2.75, 3.05) is 6.61 Å². The number of benzene rings is 2. The van der Waals surface area contributed by atoms with E-state index in [4.69, 9.17) is 4.74 Å². The van der Waals surface area contributed by atoms with Crippen LogP contribution in [0.5, 0.6) is 5.75 Å². The quantitative estimate of drug-likeness (QED) is 0.766. The van der Waals surface area contributed by atoms with Crippen LogP contribution in [0.1, 0.15) is 23.0 Å². The van der Waals surface area contributed by atoms with Crippen molar-refractivity contribution in [2.24, 2.45) is 0 Å². The van der Waals surface area contributed by atoms with Crippen molar-refractivity contribution in [3.05, 3.63) is 59.1 Å². The highest BCUT2D eigenvalue weighted by Crippen LogP contribution is 2.31. The summed E-state index contributed by atoms with van der Waals surface area (Å²) in [5.74, 6) is 0.847. The van der Waals surface area contributed by atoms with Crippen LogP contribution in [0.3, 0.4) is 0 Å². The Morgan fingerprint density at radius 1 is 1.21 bits per heavy atom. The third-order valence-electron chi connectivity index (χ3n) is 4.00. The summed E-state index contributed by atoms with van der Waals surface area (Å²) in [7, 11) is 0. The van der Waals surface area contributed by atoms with Gasteiger partial charge in [-0.2, -0.15) is 0 Å². The number of amides is 2. The average Bonchev–Trinajstić information content (AvgIpc) is 3.03. The summed E-state index contributed by atoms with van der Waals surface area (Å²) < 4.78 is 6.75. The number of aromatic nitrogens is 1. The zero-order chi connectivity index (χ0) is 16.4. The van der Waals surface area contributed by atoms with Crippen molar-refractivity contribution in [3.63, 3.8) is 0 Å². The molecule has 2 aromatic carbocycles. The first-order valence-electron chi connectivity index (χ1n) is 7.90. The summed E-state index contributed by atoms with van der Waals surface area (Å²) in [6.07, 6.45) is 0.769. The summed E-state index contributed by atoms with van der Waals surface area (Å²) in [5.41, 5.74) is 2.00. The summed E-state index contributed by atoms with van der Waals surface area (Å²) in [6.45, 7) is 1.04. The number of ether oxygens (including phenoxy) is 1. The molecule has 0 saturated carbocycles. The zero-order valence-corrected chi connectivity index (χ0v) is 13.8. The number of nitrogens with zero attached hydrogens (tertiary/aromatic N) is 1. The number of urea groups is 1. The first-order chi connectivity index (χ1) is 11.8. The molecule has 2 amide bonds. The number of fused-ring (bicyclic) bond motifs is 2. The number of para-hydroxylation sites is 2. The Kier molecular flexibility index (Phi) is 4.04. The van der Waals surface area contributed by atoms with Crippen molar-refractivity contribution in [2.45, 2.75) is 19.0 Å². The van der Waals surface area contributed by atoms with E-state index in [1.807, 2.05) is 48.5 Å². The number of carbonyl (C=O) groups is 1. The Labute approximate surface area is 143 Å². The molecule has 1 aromatic heterocycles. The van der Waals surface area contributed by atoms with Gasteiger partial charge in [0.1, 0.15) is 10.8 Å². The highest BCUT2D eigenvalue weighted by Gasteiger charge is 2.22. The van der Waals surface area contributed by atoms with E-state index in [1.54, 1.807) is 11.3 Å². The maximum Gasteiger partial charge on any atom is 0.315 e. The SMILES string of the molecule is O=C(NCc1nc2ccccc2s1)N[C@H]1CCOc2ccccc21. The lowest BCUT2D eigenvalue weighted by Crippen LogP contribution is -2.39. The summed E-state index contributed by atoms with van der Waals surface area (Å²) in [4.78, 5) is 16.7. The van der Waals surface area contributed by atoms with Gasteiger partial charge in [-0.15, -0.1) is 11.3 Å². The minimum Gasteiger partial charge on any atom is -0.493 e. The molecule has 3 aromatic rings. The maximum atomic E-state index is 12.2. The summed E-state index contributed by atoms with van der Waals surface area (Å²) in [5, 5.41) is 6.82. The van der Waals surface area contributed by atoms with Crippen LogP contribution in [0.25, 0.3) is 10.2 Å². The van der Waals surface area contributed by atoms with Crippen LogP contribution in [0.4, 0.5) is 4.79 Å². The summed E-state index contributed by atoms with van der Waals surface area (Å²) in [6, 6.07) is 15.6. The van der Waals surface area contributed by atoms with E-state index in [2.05, 4.69) is 15.6 Å². The fraction of sp³-hybridized carbons (Fsp3) is 0.222. The van der Waals surface area contributed by atoms with Gasteiger partial charge in [-0.25, -0.2) is 9.78 Å². The van der Waals surface area contributed by atoms with Crippen LogP contribution in [-0.2, 0) is 6.54 Å². The molecule has 1 aliphatic heterocycles. The minimum absolute atomic E-state index is 0.0229. The van der Waals surface area contributed by atoms with Gasteiger partial charge in [-0.3, -0.25) is 0 Å². The molecule has 0 aliphatic carbocycles. The Balaban J connectivity index is 1.39. The average molecular weight is 339 g/mol. The van der Waals surface area contributed by atoms with Gasteiger partial charge in [-0.1, -0.05) is 30.3 Å². The zero-order valence-electron chi connectivity index (χ0n) is 13.0. The molecule has 0 bridgehead atoms. The van der Waals surface area contributed by atoms with Gasteiger partial charge in [0.05, 0.1) is 29.4 Å². The number of nitrogens with one attached hydrogen (secondary N) is 2. The van der Waals surface area contributed by atoms with Crippen molar-refractivity contribution in [3.8, 4) is 5.75 Å². The maximum absolute atomic E-state index is 12.2. The molecule has 1 atom stereocenters. The second kappa shape index (κ2) is 6.49. The van der Waals surface area contributed by atoms with Gasteiger partial charge in [0, 0.05) is 12.0 Å². The van der Waals surface area contributed by atoms with E-state index < -0.39 is 0 Å². The van der Waals surface area contributed by atoms with Gasteiger partial charge in [0.15, 0.2) is 0 Å². The molecule has 1 aliphatic rings. The van der Waals surface area contributed by atoms with Gasteiger partial charge in [0.2, 0.25) is 0 Å². The summed E-state index contributed by atoms with van der Waals surface area (Å²) >= 11 is 1.60. The van der Waals surface area contributed by atoms with Crippen molar-refractivity contribution in [1.82, 2.24) is 15.6 Å². The van der Waals surface area contributed by atoms with Crippen LogP contribution < -0.4 is 15.4 Å². The molecule has 0 radical (unpaired) electrons. The number of carbonyl (C=O) groups excluding carboxylic acids is 1. The fourth-order valence-corrected chi connectivity index (χ4v) is 3.76.